The Balaban J connectivity index is 2.61. The summed E-state index contributed by atoms with van der Waals surface area (Å²) < 4.78 is 18.4. The maximum Gasteiger partial charge on any atom is 0.144 e. The first kappa shape index (κ1) is 11.9. The number of benzene rings is 1. The molecule has 0 spiro atoms. The van der Waals surface area contributed by atoms with Gasteiger partial charge < -0.3 is 4.74 Å². The number of hydrogen-bond acceptors (Lipinski definition) is 3. The minimum absolute atomic E-state index is 0.0148. The van der Waals surface area contributed by atoms with E-state index in [9.17, 15) is 4.39 Å². The number of ether oxygens (including phenoxy) is 1. The fraction of sp³-hybridized carbons (Fsp3) is 0.364. The fourth-order valence-electron chi connectivity index (χ4n) is 1.09. The SMILES string of the molecule is CCSCCOc1cccc(F)c1C#N. The number of hydrogen-bond donors (Lipinski definition) is 0. The van der Waals surface area contributed by atoms with Crippen LogP contribution in [0.25, 0.3) is 0 Å². The van der Waals surface area contributed by atoms with Gasteiger partial charge in [-0.2, -0.15) is 17.0 Å². The molecule has 4 heteroatoms. The van der Waals surface area contributed by atoms with Crippen LogP contribution in [0.1, 0.15) is 12.5 Å². The molecule has 0 unspecified atom stereocenters. The van der Waals surface area contributed by atoms with E-state index < -0.39 is 5.82 Å². The van der Waals surface area contributed by atoms with Crippen molar-refractivity contribution in [1.29, 1.82) is 5.26 Å². The summed E-state index contributed by atoms with van der Waals surface area (Å²) >= 11 is 1.74. The number of nitrogens with zero attached hydrogens (tertiary/aromatic N) is 1. The van der Waals surface area contributed by atoms with E-state index in [4.69, 9.17) is 10.00 Å². The minimum Gasteiger partial charge on any atom is -0.491 e. The lowest BCUT2D eigenvalue weighted by molar-refractivity contribution is 0.340. The Labute approximate surface area is 93.1 Å². The van der Waals surface area contributed by atoms with Crippen molar-refractivity contribution in [2.75, 3.05) is 18.1 Å². The highest BCUT2D eigenvalue weighted by molar-refractivity contribution is 7.99. The van der Waals surface area contributed by atoms with Gasteiger partial charge in [0.1, 0.15) is 23.2 Å². The summed E-state index contributed by atoms with van der Waals surface area (Å²) in [5.74, 6) is 1.67. The van der Waals surface area contributed by atoms with E-state index in [1.807, 2.05) is 0 Å². The van der Waals surface area contributed by atoms with Crippen LogP contribution < -0.4 is 4.74 Å². The van der Waals surface area contributed by atoms with E-state index in [1.165, 1.54) is 6.07 Å². The highest BCUT2D eigenvalue weighted by Gasteiger charge is 2.07. The van der Waals surface area contributed by atoms with Crippen LogP contribution in [-0.4, -0.2) is 18.1 Å². The largest absolute Gasteiger partial charge is 0.491 e. The van der Waals surface area contributed by atoms with Gasteiger partial charge in [-0.1, -0.05) is 13.0 Å². The van der Waals surface area contributed by atoms with Crippen LogP contribution in [-0.2, 0) is 0 Å². The van der Waals surface area contributed by atoms with Gasteiger partial charge in [0, 0.05) is 5.75 Å². The lowest BCUT2D eigenvalue weighted by Crippen LogP contribution is -2.02. The van der Waals surface area contributed by atoms with E-state index >= 15 is 0 Å². The van der Waals surface area contributed by atoms with Crippen molar-refractivity contribution in [3.05, 3.63) is 29.6 Å². The Bertz CT molecular complexity index is 362. The molecule has 0 saturated heterocycles. The van der Waals surface area contributed by atoms with Crippen LogP contribution in [0.3, 0.4) is 0 Å². The molecule has 0 amide bonds. The molecule has 15 heavy (non-hydrogen) atoms. The molecule has 0 aliphatic rings. The molecule has 0 saturated carbocycles. The second kappa shape index (κ2) is 6.31. The first-order valence-electron chi connectivity index (χ1n) is 4.68. The van der Waals surface area contributed by atoms with Crippen LogP contribution in [0, 0.1) is 17.1 Å². The summed E-state index contributed by atoms with van der Waals surface area (Å²) in [6, 6.07) is 6.20. The highest BCUT2D eigenvalue weighted by atomic mass is 32.2. The molecule has 1 rings (SSSR count). The number of nitriles is 1. The van der Waals surface area contributed by atoms with E-state index in [-0.39, 0.29) is 5.56 Å². The fourth-order valence-corrected chi connectivity index (χ4v) is 1.58. The van der Waals surface area contributed by atoms with Gasteiger partial charge in [0.25, 0.3) is 0 Å². The molecule has 0 aliphatic carbocycles. The molecule has 2 nitrogen and oxygen atoms in total. The summed E-state index contributed by atoms with van der Waals surface area (Å²) in [6.07, 6.45) is 0. The summed E-state index contributed by atoms with van der Waals surface area (Å²) in [6.45, 7) is 2.56. The molecule has 80 valence electrons. The van der Waals surface area contributed by atoms with Gasteiger partial charge in [0.05, 0.1) is 6.61 Å². The summed E-state index contributed by atoms with van der Waals surface area (Å²) in [5, 5.41) is 8.73. The Morgan fingerprint density at radius 2 is 2.33 bits per heavy atom. The van der Waals surface area contributed by atoms with Gasteiger partial charge in [-0.05, 0) is 17.9 Å². The van der Waals surface area contributed by atoms with Crippen LogP contribution in [0.2, 0.25) is 0 Å². The van der Waals surface area contributed by atoms with E-state index in [0.717, 1.165) is 11.5 Å². The normalized spacial score (nSPS) is 9.67. The molecule has 0 atom stereocenters. The number of rotatable bonds is 5. The number of thioether (sulfide) groups is 1. The van der Waals surface area contributed by atoms with Gasteiger partial charge in [-0.25, -0.2) is 4.39 Å². The van der Waals surface area contributed by atoms with Crippen LogP contribution in [0.4, 0.5) is 4.39 Å². The predicted molar refractivity (Wildman–Crippen MR) is 59.6 cm³/mol. The Morgan fingerprint density at radius 1 is 1.53 bits per heavy atom. The third-order valence-corrected chi connectivity index (χ3v) is 2.64. The van der Waals surface area contributed by atoms with Crippen molar-refractivity contribution in [2.24, 2.45) is 0 Å². The van der Waals surface area contributed by atoms with Crippen LogP contribution >= 0.6 is 11.8 Å². The lowest BCUT2D eigenvalue weighted by Gasteiger charge is -2.07. The smallest absolute Gasteiger partial charge is 0.144 e. The molecular formula is C11H12FNOS. The topological polar surface area (TPSA) is 33.0 Å². The minimum atomic E-state index is -0.529. The van der Waals surface area contributed by atoms with E-state index in [1.54, 1.807) is 30.0 Å². The molecule has 0 radical (unpaired) electrons. The van der Waals surface area contributed by atoms with Crippen LogP contribution in [0.15, 0.2) is 18.2 Å². The molecular weight excluding hydrogens is 213 g/mol. The van der Waals surface area contributed by atoms with Crippen molar-refractivity contribution >= 4 is 11.8 Å². The van der Waals surface area contributed by atoms with Crippen molar-refractivity contribution in [3.8, 4) is 11.8 Å². The van der Waals surface area contributed by atoms with E-state index in [0.29, 0.717) is 12.4 Å². The first-order chi connectivity index (χ1) is 7.29. The molecule has 0 heterocycles. The van der Waals surface area contributed by atoms with Crippen molar-refractivity contribution < 1.29 is 9.13 Å². The molecule has 0 aliphatic heterocycles. The predicted octanol–water partition coefficient (Wildman–Crippen LogP) is 2.83. The second-order valence-corrected chi connectivity index (χ2v) is 4.16. The third-order valence-electron chi connectivity index (χ3n) is 1.78. The maximum atomic E-state index is 13.1. The monoisotopic (exact) mass is 225 g/mol. The average molecular weight is 225 g/mol. The van der Waals surface area contributed by atoms with Gasteiger partial charge in [0.2, 0.25) is 0 Å². The summed E-state index contributed by atoms with van der Waals surface area (Å²) in [7, 11) is 0. The van der Waals surface area contributed by atoms with Gasteiger partial charge in [-0.15, -0.1) is 0 Å². The lowest BCUT2D eigenvalue weighted by atomic mass is 10.2. The van der Waals surface area contributed by atoms with Crippen molar-refractivity contribution in [2.45, 2.75) is 6.92 Å². The third kappa shape index (κ3) is 3.45. The van der Waals surface area contributed by atoms with Crippen molar-refractivity contribution in [3.63, 3.8) is 0 Å². The summed E-state index contributed by atoms with van der Waals surface area (Å²) in [5.41, 5.74) is -0.0148. The van der Waals surface area contributed by atoms with Crippen molar-refractivity contribution in [1.82, 2.24) is 0 Å². The van der Waals surface area contributed by atoms with Gasteiger partial charge in [0.15, 0.2) is 0 Å². The zero-order valence-electron chi connectivity index (χ0n) is 8.50. The molecule has 0 aromatic heterocycles. The first-order valence-corrected chi connectivity index (χ1v) is 5.84. The number of halogens is 1. The second-order valence-electron chi connectivity index (χ2n) is 2.77. The van der Waals surface area contributed by atoms with Gasteiger partial charge in [-0.3, -0.25) is 0 Å². The quantitative estimate of drug-likeness (QED) is 0.722. The summed E-state index contributed by atoms with van der Waals surface area (Å²) in [4.78, 5) is 0. The molecule has 0 fully saturated rings. The highest BCUT2D eigenvalue weighted by Crippen LogP contribution is 2.20. The molecule has 1 aromatic rings. The standard InChI is InChI=1S/C11H12FNOS/c1-2-15-7-6-14-11-5-3-4-10(12)9(11)8-13/h3-5H,2,6-7H2,1H3. The molecule has 1 aromatic carbocycles. The average Bonchev–Trinajstić information content (AvgIpc) is 2.24. The van der Waals surface area contributed by atoms with Gasteiger partial charge >= 0.3 is 0 Å². The Hall–Kier alpha value is -1.21. The zero-order chi connectivity index (χ0) is 11.1. The molecule has 0 N–H and O–H groups in total. The molecule has 0 bridgehead atoms. The van der Waals surface area contributed by atoms with E-state index in [2.05, 4.69) is 6.92 Å². The maximum absolute atomic E-state index is 13.1. The Kier molecular flexibility index (Phi) is 4.99. The Morgan fingerprint density at radius 3 is 3.00 bits per heavy atom. The zero-order valence-corrected chi connectivity index (χ0v) is 9.31. The van der Waals surface area contributed by atoms with Crippen LogP contribution in [0.5, 0.6) is 5.75 Å².